The first-order chi connectivity index (χ1) is 10.8. The fraction of sp³-hybridized carbons (Fsp3) is 0.750. The first-order valence-corrected chi connectivity index (χ1v) is 8.20. The minimum atomic E-state index is -4.45. The van der Waals surface area contributed by atoms with Crippen molar-refractivity contribution in [3.05, 3.63) is 18.2 Å². The fourth-order valence-electron chi connectivity index (χ4n) is 4.00. The first kappa shape index (κ1) is 16.3. The second-order valence-electron chi connectivity index (χ2n) is 6.75. The summed E-state index contributed by atoms with van der Waals surface area (Å²) in [6, 6.07) is 0.215. The van der Waals surface area contributed by atoms with Crippen LogP contribution in [0, 0.1) is 12.3 Å². The molecule has 1 aliphatic carbocycles. The van der Waals surface area contributed by atoms with Crippen LogP contribution in [-0.2, 0) is 4.79 Å². The first-order valence-electron chi connectivity index (χ1n) is 8.20. The highest BCUT2D eigenvalue weighted by atomic mass is 19.4. The van der Waals surface area contributed by atoms with Crippen molar-refractivity contribution >= 4 is 5.91 Å². The van der Waals surface area contributed by atoms with Crippen LogP contribution in [0.4, 0.5) is 13.2 Å². The number of hydrogen-bond donors (Lipinski definition) is 0. The Morgan fingerprint density at radius 2 is 1.87 bits per heavy atom. The van der Waals surface area contributed by atoms with Crippen molar-refractivity contribution in [3.63, 3.8) is 0 Å². The smallest absolute Gasteiger partial charge is 0.342 e. The van der Waals surface area contributed by atoms with Gasteiger partial charge in [0.1, 0.15) is 5.41 Å². The van der Waals surface area contributed by atoms with Crippen molar-refractivity contribution < 1.29 is 18.0 Å². The molecule has 2 heterocycles. The maximum Gasteiger partial charge on any atom is 0.403 e. The van der Waals surface area contributed by atoms with Gasteiger partial charge in [-0.15, -0.1) is 0 Å². The molecule has 2 aliphatic rings. The Labute approximate surface area is 133 Å². The maximum atomic E-state index is 13.5. The number of carbonyl (C=O) groups is 1. The summed E-state index contributed by atoms with van der Waals surface area (Å²) in [5.41, 5.74) is -1.09. The molecular formula is C16H22F3N3O. The van der Waals surface area contributed by atoms with Crippen LogP contribution in [-0.4, -0.2) is 39.6 Å². The van der Waals surface area contributed by atoms with Crippen LogP contribution >= 0.6 is 0 Å². The van der Waals surface area contributed by atoms with Crippen molar-refractivity contribution in [1.82, 2.24) is 14.5 Å². The Balaban J connectivity index is 1.69. The number of nitrogens with zero attached hydrogens (tertiary/aromatic N) is 3. The summed E-state index contributed by atoms with van der Waals surface area (Å²) < 4.78 is 42.6. The predicted octanol–water partition coefficient (Wildman–Crippen LogP) is 3.48. The Bertz CT molecular complexity index is 567. The molecule has 1 aromatic heterocycles. The van der Waals surface area contributed by atoms with Crippen LogP contribution in [0.3, 0.4) is 0 Å². The highest BCUT2D eigenvalue weighted by molar-refractivity contribution is 5.84. The molecule has 0 bridgehead atoms. The molecule has 1 aliphatic heterocycles. The quantitative estimate of drug-likeness (QED) is 0.833. The van der Waals surface area contributed by atoms with Crippen LogP contribution < -0.4 is 0 Å². The van der Waals surface area contributed by atoms with Gasteiger partial charge in [-0.3, -0.25) is 4.79 Å². The molecule has 0 aromatic carbocycles. The van der Waals surface area contributed by atoms with Crippen LogP contribution in [0.1, 0.15) is 50.3 Å². The molecule has 0 atom stereocenters. The minimum absolute atomic E-state index is 0.0596. The van der Waals surface area contributed by atoms with Crippen LogP contribution in [0.25, 0.3) is 0 Å². The highest BCUT2D eigenvalue weighted by Crippen LogP contribution is 2.51. The molecule has 7 heteroatoms. The summed E-state index contributed by atoms with van der Waals surface area (Å²) in [6.07, 6.45) is 1.28. The molecule has 1 saturated carbocycles. The van der Waals surface area contributed by atoms with E-state index >= 15 is 0 Å². The van der Waals surface area contributed by atoms with Crippen molar-refractivity contribution in [1.29, 1.82) is 0 Å². The van der Waals surface area contributed by atoms with E-state index in [0.29, 0.717) is 38.8 Å². The lowest BCUT2D eigenvalue weighted by Gasteiger charge is -2.39. The van der Waals surface area contributed by atoms with Gasteiger partial charge in [0.25, 0.3) is 0 Å². The van der Waals surface area contributed by atoms with Crippen molar-refractivity contribution in [2.45, 2.75) is 57.7 Å². The summed E-state index contributed by atoms with van der Waals surface area (Å²) in [7, 11) is 0. The van der Waals surface area contributed by atoms with E-state index in [-0.39, 0.29) is 18.9 Å². The Hall–Kier alpha value is -1.53. The SMILES string of the molecule is Cc1cncn1C1CCN(C(=O)C2(C(F)(F)F)CCCC2)CC1. The van der Waals surface area contributed by atoms with Gasteiger partial charge >= 0.3 is 6.18 Å². The Morgan fingerprint density at radius 3 is 2.35 bits per heavy atom. The summed E-state index contributed by atoms with van der Waals surface area (Å²) in [5, 5.41) is 0. The number of rotatable bonds is 2. The number of amides is 1. The number of hydrogen-bond acceptors (Lipinski definition) is 2. The lowest BCUT2D eigenvalue weighted by molar-refractivity contribution is -0.226. The normalized spacial score (nSPS) is 22.5. The van der Waals surface area contributed by atoms with Gasteiger partial charge in [-0.2, -0.15) is 13.2 Å². The molecule has 1 amide bonds. The number of halogens is 3. The number of aryl methyl sites for hydroxylation is 1. The van der Waals surface area contributed by atoms with Crippen molar-refractivity contribution in [3.8, 4) is 0 Å². The second-order valence-corrected chi connectivity index (χ2v) is 6.75. The molecule has 1 saturated heterocycles. The number of carbonyl (C=O) groups excluding carboxylic acids is 1. The lowest BCUT2D eigenvalue weighted by Crippen LogP contribution is -2.52. The number of aromatic nitrogens is 2. The molecule has 4 nitrogen and oxygen atoms in total. The van der Waals surface area contributed by atoms with Gasteiger partial charge in [-0.25, -0.2) is 4.98 Å². The van der Waals surface area contributed by atoms with Gasteiger partial charge in [0.05, 0.1) is 6.33 Å². The monoisotopic (exact) mass is 329 g/mol. The highest BCUT2D eigenvalue weighted by Gasteiger charge is 2.62. The third kappa shape index (κ3) is 2.74. The maximum absolute atomic E-state index is 13.5. The molecule has 0 radical (unpaired) electrons. The molecule has 23 heavy (non-hydrogen) atoms. The molecule has 0 spiro atoms. The van der Waals surface area contributed by atoms with Gasteiger partial charge in [0.15, 0.2) is 0 Å². The number of piperidine rings is 1. The van der Waals surface area contributed by atoms with E-state index in [1.54, 1.807) is 12.5 Å². The number of alkyl halides is 3. The van der Waals surface area contributed by atoms with E-state index in [1.165, 1.54) is 4.90 Å². The van der Waals surface area contributed by atoms with Gasteiger partial charge in [-0.05, 0) is 32.6 Å². The zero-order valence-corrected chi connectivity index (χ0v) is 13.3. The summed E-state index contributed by atoms with van der Waals surface area (Å²) in [5.74, 6) is -0.705. The van der Waals surface area contributed by atoms with E-state index in [1.807, 2.05) is 6.92 Å². The molecule has 3 rings (SSSR count). The van der Waals surface area contributed by atoms with Gasteiger partial charge < -0.3 is 9.47 Å². The van der Waals surface area contributed by atoms with E-state index in [4.69, 9.17) is 0 Å². The van der Waals surface area contributed by atoms with Crippen LogP contribution in [0.5, 0.6) is 0 Å². The van der Waals surface area contributed by atoms with Gasteiger partial charge in [0.2, 0.25) is 5.91 Å². The zero-order chi connectivity index (χ0) is 16.7. The van der Waals surface area contributed by atoms with E-state index < -0.39 is 17.5 Å². The second kappa shape index (κ2) is 5.83. The predicted molar refractivity (Wildman–Crippen MR) is 78.8 cm³/mol. The molecular weight excluding hydrogens is 307 g/mol. The third-order valence-electron chi connectivity index (χ3n) is 5.41. The van der Waals surface area contributed by atoms with Gasteiger partial charge in [0, 0.05) is 31.0 Å². The lowest BCUT2D eigenvalue weighted by atomic mass is 9.83. The number of likely N-dealkylation sites (tertiary alicyclic amines) is 1. The van der Waals surface area contributed by atoms with Gasteiger partial charge in [-0.1, -0.05) is 12.8 Å². The molecule has 128 valence electrons. The molecule has 0 N–H and O–H groups in total. The largest absolute Gasteiger partial charge is 0.403 e. The van der Waals surface area contributed by atoms with Crippen LogP contribution in [0.15, 0.2) is 12.5 Å². The average Bonchev–Trinajstić information content (AvgIpc) is 3.15. The van der Waals surface area contributed by atoms with E-state index in [2.05, 4.69) is 9.55 Å². The number of imidazole rings is 1. The zero-order valence-electron chi connectivity index (χ0n) is 13.3. The Morgan fingerprint density at radius 1 is 1.26 bits per heavy atom. The summed E-state index contributed by atoms with van der Waals surface area (Å²) in [4.78, 5) is 18.1. The summed E-state index contributed by atoms with van der Waals surface area (Å²) in [6.45, 7) is 2.74. The standard InChI is InChI=1S/C16H22F3N3O/c1-12-10-20-11-22(12)13-4-8-21(9-5-13)14(23)15(16(17,18)19)6-2-3-7-15/h10-11,13H,2-9H2,1H3. The van der Waals surface area contributed by atoms with Crippen molar-refractivity contribution in [2.24, 2.45) is 5.41 Å². The third-order valence-corrected chi connectivity index (χ3v) is 5.41. The minimum Gasteiger partial charge on any atom is -0.342 e. The molecule has 0 unspecified atom stereocenters. The van der Waals surface area contributed by atoms with Crippen LogP contribution in [0.2, 0.25) is 0 Å². The fourth-order valence-corrected chi connectivity index (χ4v) is 4.00. The molecule has 2 fully saturated rings. The van der Waals surface area contributed by atoms with E-state index in [9.17, 15) is 18.0 Å². The van der Waals surface area contributed by atoms with E-state index in [0.717, 1.165) is 5.69 Å². The van der Waals surface area contributed by atoms with Crippen molar-refractivity contribution in [2.75, 3.05) is 13.1 Å². The average molecular weight is 329 g/mol. The summed E-state index contributed by atoms with van der Waals surface area (Å²) >= 11 is 0. The molecule has 1 aromatic rings. The topological polar surface area (TPSA) is 38.1 Å². The Kier molecular flexibility index (Phi) is 4.14.